The molecule has 0 unspecified atom stereocenters. The highest BCUT2D eigenvalue weighted by Gasteiger charge is 2.39. The zero-order valence-corrected chi connectivity index (χ0v) is 22.1. The number of phenols is 3. The van der Waals surface area contributed by atoms with Crippen molar-refractivity contribution in [2.75, 3.05) is 0 Å². The molecule has 0 saturated heterocycles. The number of aromatic hydroxyl groups is 3. The summed E-state index contributed by atoms with van der Waals surface area (Å²) in [6, 6.07) is 22.4. The van der Waals surface area contributed by atoms with Gasteiger partial charge in [-0.25, -0.2) is 0 Å². The Hall–Kier alpha value is -3.72. The van der Waals surface area contributed by atoms with E-state index in [1.54, 1.807) is 0 Å². The van der Waals surface area contributed by atoms with Crippen molar-refractivity contribution in [1.82, 2.24) is 0 Å². The molecular formula is C33H36O3. The fourth-order valence-electron chi connectivity index (χ4n) is 5.57. The van der Waals surface area contributed by atoms with E-state index in [1.807, 2.05) is 52.0 Å². The predicted molar refractivity (Wildman–Crippen MR) is 147 cm³/mol. The van der Waals surface area contributed by atoms with Gasteiger partial charge >= 0.3 is 0 Å². The lowest BCUT2D eigenvalue weighted by Crippen LogP contribution is -2.32. The van der Waals surface area contributed by atoms with Gasteiger partial charge in [-0.1, -0.05) is 48.5 Å². The lowest BCUT2D eigenvalue weighted by Gasteiger charge is -2.39. The Balaban J connectivity index is 2.06. The fourth-order valence-corrected chi connectivity index (χ4v) is 5.57. The maximum Gasteiger partial charge on any atom is 0.118 e. The summed E-state index contributed by atoms with van der Waals surface area (Å²) in [7, 11) is 0. The van der Waals surface area contributed by atoms with Crippen molar-refractivity contribution >= 4 is 0 Å². The van der Waals surface area contributed by atoms with Gasteiger partial charge in [0, 0.05) is 5.41 Å². The summed E-state index contributed by atoms with van der Waals surface area (Å²) in [4.78, 5) is 0. The molecule has 0 aliphatic rings. The van der Waals surface area contributed by atoms with E-state index in [-0.39, 0.29) is 0 Å². The Morgan fingerprint density at radius 2 is 0.972 bits per heavy atom. The monoisotopic (exact) mass is 480 g/mol. The molecule has 3 N–H and O–H groups in total. The zero-order valence-electron chi connectivity index (χ0n) is 22.1. The second-order valence-corrected chi connectivity index (χ2v) is 10.2. The molecule has 36 heavy (non-hydrogen) atoms. The molecule has 0 amide bonds. The maximum atomic E-state index is 10.5. The molecule has 0 atom stereocenters. The van der Waals surface area contributed by atoms with Crippen molar-refractivity contribution in [3.8, 4) is 17.2 Å². The molecule has 3 heteroatoms. The molecular weight excluding hydrogens is 444 g/mol. The first-order valence-electron chi connectivity index (χ1n) is 12.5. The third-order valence-corrected chi connectivity index (χ3v) is 7.70. The van der Waals surface area contributed by atoms with Gasteiger partial charge in [-0.2, -0.15) is 0 Å². The van der Waals surface area contributed by atoms with Crippen LogP contribution in [0, 0.1) is 41.5 Å². The third-order valence-electron chi connectivity index (χ3n) is 7.70. The van der Waals surface area contributed by atoms with Crippen molar-refractivity contribution in [3.63, 3.8) is 0 Å². The molecule has 0 fully saturated rings. The first-order chi connectivity index (χ1) is 17.0. The maximum absolute atomic E-state index is 10.5. The third kappa shape index (κ3) is 4.46. The average Bonchev–Trinajstić information content (AvgIpc) is 2.84. The van der Waals surface area contributed by atoms with Crippen LogP contribution in [0.2, 0.25) is 0 Å². The minimum absolute atomic E-state index is 0.293. The molecule has 0 aliphatic carbocycles. The first kappa shape index (κ1) is 25.4. The summed E-state index contributed by atoms with van der Waals surface area (Å²) >= 11 is 0. The van der Waals surface area contributed by atoms with Gasteiger partial charge in [0.15, 0.2) is 0 Å². The van der Waals surface area contributed by atoms with Crippen LogP contribution in [0.4, 0.5) is 0 Å². The summed E-state index contributed by atoms with van der Waals surface area (Å²) in [6.07, 6.45) is 1.57. The van der Waals surface area contributed by atoms with E-state index >= 15 is 0 Å². The normalized spacial score (nSPS) is 11.6. The summed E-state index contributed by atoms with van der Waals surface area (Å²) in [6.45, 7) is 12.0. The van der Waals surface area contributed by atoms with Gasteiger partial charge in [0.25, 0.3) is 0 Å². The summed E-state index contributed by atoms with van der Waals surface area (Å²) in [5.41, 5.74) is 9.77. The molecule has 4 aromatic carbocycles. The Morgan fingerprint density at radius 3 is 1.47 bits per heavy atom. The SMILES string of the molecule is Cc1cc(CCC(c2ccccc2)(c2cc(C)c(O)cc2C)c2cc(C)c(O)cc2C)c(C)cc1O. The van der Waals surface area contributed by atoms with E-state index in [4.69, 9.17) is 0 Å². The van der Waals surface area contributed by atoms with Crippen LogP contribution in [0.3, 0.4) is 0 Å². The highest BCUT2D eigenvalue weighted by Crippen LogP contribution is 2.48. The first-order valence-corrected chi connectivity index (χ1v) is 12.5. The topological polar surface area (TPSA) is 60.7 Å². The van der Waals surface area contributed by atoms with E-state index in [9.17, 15) is 15.3 Å². The highest BCUT2D eigenvalue weighted by molar-refractivity contribution is 5.59. The van der Waals surface area contributed by atoms with Crippen LogP contribution in [0.1, 0.15) is 62.1 Å². The van der Waals surface area contributed by atoms with Gasteiger partial charge in [0.05, 0.1) is 0 Å². The number of phenolic OH excluding ortho intramolecular Hbond substituents is 3. The van der Waals surface area contributed by atoms with E-state index < -0.39 is 5.41 Å². The van der Waals surface area contributed by atoms with Gasteiger partial charge in [0.2, 0.25) is 0 Å². The van der Waals surface area contributed by atoms with Gasteiger partial charge in [-0.3, -0.25) is 0 Å². The van der Waals surface area contributed by atoms with Crippen molar-refractivity contribution in [2.45, 2.75) is 59.8 Å². The Morgan fingerprint density at radius 1 is 0.528 bits per heavy atom. The van der Waals surface area contributed by atoms with Crippen LogP contribution in [0.25, 0.3) is 0 Å². The summed E-state index contributed by atoms with van der Waals surface area (Å²) in [5, 5.41) is 31.2. The fraction of sp³-hybridized carbons (Fsp3) is 0.273. The van der Waals surface area contributed by atoms with Gasteiger partial charge in [-0.05, 0) is 128 Å². The van der Waals surface area contributed by atoms with Crippen molar-refractivity contribution in [1.29, 1.82) is 0 Å². The second-order valence-electron chi connectivity index (χ2n) is 10.2. The molecule has 0 saturated carbocycles. The lowest BCUT2D eigenvalue weighted by molar-refractivity contribution is 0.467. The Labute approximate surface area is 214 Å². The quantitative estimate of drug-likeness (QED) is 0.249. The lowest BCUT2D eigenvalue weighted by atomic mass is 9.63. The molecule has 4 rings (SSSR count). The molecule has 0 radical (unpaired) electrons. The van der Waals surface area contributed by atoms with Crippen LogP contribution >= 0.6 is 0 Å². The molecule has 0 spiro atoms. The Kier molecular flexibility index (Phi) is 6.86. The largest absolute Gasteiger partial charge is 0.508 e. The zero-order chi connectivity index (χ0) is 26.2. The average molecular weight is 481 g/mol. The molecule has 4 aromatic rings. The molecule has 0 aromatic heterocycles. The number of rotatable bonds is 6. The smallest absolute Gasteiger partial charge is 0.118 e. The molecule has 186 valence electrons. The number of aryl methyl sites for hydroxylation is 7. The van der Waals surface area contributed by atoms with Crippen LogP contribution in [0.15, 0.2) is 66.7 Å². The number of hydrogen-bond acceptors (Lipinski definition) is 3. The van der Waals surface area contributed by atoms with Gasteiger partial charge < -0.3 is 15.3 Å². The van der Waals surface area contributed by atoms with Crippen LogP contribution in [0.5, 0.6) is 17.2 Å². The predicted octanol–water partition coefficient (Wildman–Crippen LogP) is 7.62. The van der Waals surface area contributed by atoms with E-state index in [2.05, 4.69) is 56.3 Å². The van der Waals surface area contributed by atoms with Crippen LogP contribution in [-0.2, 0) is 11.8 Å². The summed E-state index contributed by atoms with van der Waals surface area (Å²) < 4.78 is 0. The molecule has 3 nitrogen and oxygen atoms in total. The second kappa shape index (κ2) is 9.73. The van der Waals surface area contributed by atoms with E-state index in [1.165, 1.54) is 11.1 Å². The van der Waals surface area contributed by atoms with Crippen LogP contribution < -0.4 is 0 Å². The number of benzene rings is 4. The van der Waals surface area contributed by atoms with Crippen molar-refractivity contribution < 1.29 is 15.3 Å². The van der Waals surface area contributed by atoms with Crippen LogP contribution in [-0.4, -0.2) is 15.3 Å². The molecule has 0 aliphatic heterocycles. The molecule has 0 bridgehead atoms. The minimum Gasteiger partial charge on any atom is -0.508 e. The van der Waals surface area contributed by atoms with E-state index in [0.29, 0.717) is 17.2 Å². The van der Waals surface area contributed by atoms with Gasteiger partial charge in [-0.15, -0.1) is 0 Å². The van der Waals surface area contributed by atoms with Crippen molar-refractivity contribution in [3.05, 3.63) is 122 Å². The van der Waals surface area contributed by atoms with E-state index in [0.717, 1.165) is 57.3 Å². The Bertz CT molecular complexity index is 1360. The summed E-state index contributed by atoms with van der Waals surface area (Å²) in [5.74, 6) is 0.907. The minimum atomic E-state index is -0.523. The van der Waals surface area contributed by atoms with Crippen molar-refractivity contribution in [2.24, 2.45) is 0 Å². The highest BCUT2D eigenvalue weighted by atomic mass is 16.3. The molecule has 0 heterocycles. The van der Waals surface area contributed by atoms with Gasteiger partial charge in [0.1, 0.15) is 17.2 Å². The number of hydrogen-bond donors (Lipinski definition) is 3. The standard InChI is InChI=1S/C33H36O3/c1-20-17-30(34)23(4)14-26(20)12-13-33(27-10-8-7-9-11-27,28-15-24(5)31(35)18-21(28)2)29-16-25(6)32(36)19-22(29)3/h7-11,14-19,34-36H,12-13H2,1-6H3.